The Kier molecular flexibility index (Phi) is 4.62. The van der Waals surface area contributed by atoms with Crippen molar-refractivity contribution in [1.29, 1.82) is 0 Å². The lowest BCUT2D eigenvalue weighted by molar-refractivity contribution is -0.274. The maximum atomic E-state index is 13.3. The normalized spacial score (nSPS) is 13.4. The van der Waals surface area contributed by atoms with Crippen LogP contribution in [0.5, 0.6) is 5.75 Å². The lowest BCUT2D eigenvalue weighted by atomic mass is 9.97. The zero-order valence-electron chi connectivity index (χ0n) is 13.9. The standard InChI is InChI=1S/C18H16F4N2O2/c1-9(2)12-7-10(3-6-15(12)26-18(20,21)22)16(25)17-23-13-5-4-11(19)8-14(13)24-17/h3-9,16,25H,1-2H3,(H,23,24). The van der Waals surface area contributed by atoms with Gasteiger partial charge in [-0.15, -0.1) is 13.2 Å². The number of H-pyrrole nitrogens is 1. The molecule has 0 bridgehead atoms. The third-order valence-corrected chi connectivity index (χ3v) is 3.92. The molecule has 26 heavy (non-hydrogen) atoms. The van der Waals surface area contributed by atoms with E-state index in [0.29, 0.717) is 22.2 Å². The minimum absolute atomic E-state index is 0.171. The van der Waals surface area contributed by atoms with Gasteiger partial charge in [-0.2, -0.15) is 0 Å². The molecular weight excluding hydrogens is 352 g/mol. The fourth-order valence-corrected chi connectivity index (χ4v) is 2.69. The number of nitrogens with one attached hydrogen (secondary N) is 1. The monoisotopic (exact) mass is 368 g/mol. The molecule has 0 spiro atoms. The van der Waals surface area contributed by atoms with Crippen LogP contribution < -0.4 is 4.74 Å². The van der Waals surface area contributed by atoms with Crippen molar-refractivity contribution in [2.75, 3.05) is 0 Å². The molecule has 0 aliphatic carbocycles. The van der Waals surface area contributed by atoms with E-state index in [1.54, 1.807) is 13.8 Å². The highest BCUT2D eigenvalue weighted by Crippen LogP contribution is 2.34. The minimum Gasteiger partial charge on any atom is -0.405 e. The summed E-state index contributed by atoms with van der Waals surface area (Å²) in [6.07, 6.45) is -6.00. The number of benzene rings is 2. The van der Waals surface area contributed by atoms with Crippen LogP contribution in [0, 0.1) is 5.82 Å². The molecule has 0 saturated carbocycles. The van der Waals surface area contributed by atoms with Gasteiger partial charge in [-0.1, -0.05) is 19.9 Å². The van der Waals surface area contributed by atoms with Gasteiger partial charge in [-0.3, -0.25) is 0 Å². The van der Waals surface area contributed by atoms with Crippen molar-refractivity contribution in [2.45, 2.75) is 32.2 Å². The predicted molar refractivity (Wildman–Crippen MR) is 87.3 cm³/mol. The molecule has 0 aliphatic rings. The zero-order valence-corrected chi connectivity index (χ0v) is 13.9. The summed E-state index contributed by atoms with van der Waals surface area (Å²) in [5, 5.41) is 10.5. The molecule has 8 heteroatoms. The van der Waals surface area contributed by atoms with E-state index in [2.05, 4.69) is 14.7 Å². The first-order valence-corrected chi connectivity index (χ1v) is 7.87. The Hall–Kier alpha value is -2.61. The second-order valence-corrected chi connectivity index (χ2v) is 6.19. The van der Waals surface area contributed by atoms with Gasteiger partial charge >= 0.3 is 6.36 Å². The van der Waals surface area contributed by atoms with Crippen molar-refractivity contribution in [3.63, 3.8) is 0 Å². The fourth-order valence-electron chi connectivity index (χ4n) is 2.69. The topological polar surface area (TPSA) is 58.1 Å². The van der Waals surface area contributed by atoms with Gasteiger partial charge in [0.2, 0.25) is 0 Å². The summed E-state index contributed by atoms with van der Waals surface area (Å²) in [5.74, 6) is -0.857. The molecule has 1 atom stereocenters. The van der Waals surface area contributed by atoms with E-state index in [0.717, 1.165) is 0 Å². The third-order valence-electron chi connectivity index (χ3n) is 3.92. The molecule has 138 valence electrons. The van der Waals surface area contributed by atoms with Crippen LogP contribution in [0.2, 0.25) is 0 Å². The predicted octanol–water partition coefficient (Wildman–Crippen LogP) is 4.81. The van der Waals surface area contributed by atoms with Gasteiger partial charge in [0.05, 0.1) is 11.0 Å². The number of rotatable bonds is 4. The number of ether oxygens (including phenoxy) is 1. The summed E-state index contributed by atoms with van der Waals surface area (Å²) in [4.78, 5) is 7.03. The SMILES string of the molecule is CC(C)c1cc(C(O)c2nc3cc(F)ccc3[nH]2)ccc1OC(F)(F)F. The van der Waals surface area contributed by atoms with Crippen LogP contribution in [0.1, 0.15) is 42.8 Å². The average molecular weight is 368 g/mol. The van der Waals surface area contributed by atoms with Crippen LogP contribution in [0.25, 0.3) is 11.0 Å². The molecule has 0 fully saturated rings. The number of fused-ring (bicyclic) bond motifs is 1. The van der Waals surface area contributed by atoms with Crippen LogP contribution in [0.4, 0.5) is 17.6 Å². The van der Waals surface area contributed by atoms with Crippen molar-refractivity contribution in [3.05, 3.63) is 59.2 Å². The molecule has 1 aromatic heterocycles. The number of hydrogen-bond acceptors (Lipinski definition) is 3. The summed E-state index contributed by atoms with van der Waals surface area (Å²) in [6, 6.07) is 7.94. The number of aromatic nitrogens is 2. The van der Waals surface area contributed by atoms with Crippen molar-refractivity contribution < 1.29 is 27.4 Å². The summed E-state index contributed by atoms with van der Waals surface area (Å²) < 4.78 is 54.9. The highest BCUT2D eigenvalue weighted by atomic mass is 19.4. The van der Waals surface area contributed by atoms with Crippen LogP contribution >= 0.6 is 0 Å². The molecule has 0 radical (unpaired) electrons. The Labute approximate surface area is 146 Å². The molecule has 1 unspecified atom stereocenters. The number of imidazole rings is 1. The molecule has 4 nitrogen and oxygen atoms in total. The number of aliphatic hydroxyl groups is 1. The van der Waals surface area contributed by atoms with Crippen molar-refractivity contribution in [2.24, 2.45) is 0 Å². The minimum atomic E-state index is -4.80. The second kappa shape index (κ2) is 6.60. The van der Waals surface area contributed by atoms with Gasteiger partial charge in [-0.25, -0.2) is 9.37 Å². The third kappa shape index (κ3) is 3.80. The summed E-state index contributed by atoms with van der Waals surface area (Å²) in [5.41, 5.74) is 1.55. The largest absolute Gasteiger partial charge is 0.573 e. The molecule has 0 saturated heterocycles. The molecular formula is C18H16F4N2O2. The first-order chi connectivity index (χ1) is 12.1. The van der Waals surface area contributed by atoms with Crippen molar-refractivity contribution in [3.8, 4) is 5.75 Å². The molecule has 3 aromatic rings. The maximum Gasteiger partial charge on any atom is 0.573 e. The average Bonchev–Trinajstić information content (AvgIpc) is 2.95. The number of aromatic amines is 1. The molecule has 0 aliphatic heterocycles. The Bertz CT molecular complexity index is 935. The van der Waals surface area contributed by atoms with E-state index in [1.807, 2.05) is 0 Å². The Morgan fingerprint density at radius 1 is 1.12 bits per heavy atom. The maximum absolute atomic E-state index is 13.3. The lowest BCUT2D eigenvalue weighted by Crippen LogP contribution is -2.18. The Morgan fingerprint density at radius 2 is 1.85 bits per heavy atom. The van der Waals surface area contributed by atoms with E-state index in [1.165, 1.54) is 36.4 Å². The van der Waals surface area contributed by atoms with E-state index in [9.17, 15) is 22.7 Å². The second-order valence-electron chi connectivity index (χ2n) is 6.19. The van der Waals surface area contributed by atoms with Crippen LogP contribution in [0.3, 0.4) is 0 Å². The van der Waals surface area contributed by atoms with E-state index >= 15 is 0 Å². The summed E-state index contributed by atoms with van der Waals surface area (Å²) >= 11 is 0. The van der Waals surface area contributed by atoms with Crippen LogP contribution in [0.15, 0.2) is 36.4 Å². The molecule has 2 aromatic carbocycles. The van der Waals surface area contributed by atoms with Gasteiger partial charge in [0.15, 0.2) is 0 Å². The van der Waals surface area contributed by atoms with Gasteiger partial charge in [0.1, 0.15) is 23.5 Å². The van der Waals surface area contributed by atoms with E-state index in [-0.39, 0.29) is 17.5 Å². The van der Waals surface area contributed by atoms with Gasteiger partial charge < -0.3 is 14.8 Å². The van der Waals surface area contributed by atoms with Crippen molar-refractivity contribution >= 4 is 11.0 Å². The fraction of sp³-hybridized carbons (Fsp3) is 0.278. The summed E-state index contributed by atoms with van der Waals surface area (Å²) in [6.45, 7) is 3.44. The summed E-state index contributed by atoms with van der Waals surface area (Å²) in [7, 11) is 0. The van der Waals surface area contributed by atoms with E-state index < -0.39 is 18.3 Å². The highest BCUT2D eigenvalue weighted by molar-refractivity contribution is 5.75. The quantitative estimate of drug-likeness (QED) is 0.650. The van der Waals surface area contributed by atoms with Gasteiger partial charge in [0.25, 0.3) is 0 Å². The Balaban J connectivity index is 1.97. The smallest absolute Gasteiger partial charge is 0.405 e. The van der Waals surface area contributed by atoms with Crippen LogP contribution in [-0.4, -0.2) is 21.4 Å². The highest BCUT2D eigenvalue weighted by Gasteiger charge is 2.32. The number of aliphatic hydroxyl groups excluding tert-OH is 1. The molecule has 1 heterocycles. The molecule has 2 N–H and O–H groups in total. The zero-order chi connectivity index (χ0) is 19.1. The molecule has 3 rings (SSSR count). The number of alkyl halides is 3. The van der Waals surface area contributed by atoms with Gasteiger partial charge in [-0.05, 0) is 41.3 Å². The Morgan fingerprint density at radius 3 is 2.50 bits per heavy atom. The number of halogens is 4. The van der Waals surface area contributed by atoms with Gasteiger partial charge in [0, 0.05) is 6.07 Å². The lowest BCUT2D eigenvalue weighted by Gasteiger charge is -2.18. The van der Waals surface area contributed by atoms with E-state index in [4.69, 9.17) is 0 Å². The number of nitrogens with zero attached hydrogens (tertiary/aromatic N) is 1. The number of hydrogen-bond donors (Lipinski definition) is 2. The first-order valence-electron chi connectivity index (χ1n) is 7.87. The first kappa shape index (κ1) is 18.2. The molecule has 0 amide bonds. The van der Waals surface area contributed by atoms with Crippen LogP contribution in [-0.2, 0) is 0 Å². The van der Waals surface area contributed by atoms with Crippen molar-refractivity contribution in [1.82, 2.24) is 9.97 Å².